The molecule has 98 valence electrons. The lowest BCUT2D eigenvalue weighted by Gasteiger charge is -2.19. The van der Waals surface area contributed by atoms with Gasteiger partial charge < -0.3 is 19.9 Å². The summed E-state index contributed by atoms with van der Waals surface area (Å²) in [6.45, 7) is 1.18. The molecule has 2 aromatic rings. The summed E-state index contributed by atoms with van der Waals surface area (Å²) >= 11 is 0. The van der Waals surface area contributed by atoms with Crippen molar-refractivity contribution in [3.8, 4) is 28.4 Å². The third kappa shape index (κ3) is 2.17. The van der Waals surface area contributed by atoms with Crippen LogP contribution in [0.15, 0.2) is 36.4 Å². The molecule has 1 heterocycles. The zero-order valence-electron chi connectivity index (χ0n) is 10.7. The van der Waals surface area contributed by atoms with E-state index >= 15 is 0 Å². The summed E-state index contributed by atoms with van der Waals surface area (Å²) in [6.07, 6.45) is 0. The lowest BCUT2D eigenvalue weighted by atomic mass is 10.0. The molecular weight excluding hydrogens is 242 g/mol. The van der Waals surface area contributed by atoms with Crippen molar-refractivity contribution in [2.45, 2.75) is 0 Å². The third-order valence-electron chi connectivity index (χ3n) is 3.11. The molecule has 0 saturated carbocycles. The lowest BCUT2D eigenvalue weighted by Crippen LogP contribution is -2.15. The molecule has 0 saturated heterocycles. The molecule has 0 spiro atoms. The summed E-state index contributed by atoms with van der Waals surface area (Å²) in [4.78, 5) is 0. The van der Waals surface area contributed by atoms with Gasteiger partial charge in [-0.15, -0.1) is 0 Å². The van der Waals surface area contributed by atoms with Crippen molar-refractivity contribution in [2.75, 3.05) is 26.1 Å². The second-order valence-corrected chi connectivity index (χ2v) is 4.32. The van der Waals surface area contributed by atoms with E-state index in [1.807, 2.05) is 36.4 Å². The van der Waals surface area contributed by atoms with E-state index in [1.165, 1.54) is 0 Å². The number of hydrogen-bond donors (Lipinski definition) is 1. The van der Waals surface area contributed by atoms with Crippen LogP contribution >= 0.6 is 0 Å². The zero-order chi connectivity index (χ0) is 13.2. The molecule has 0 atom stereocenters. The fraction of sp³-hybridized carbons (Fsp3) is 0.200. The van der Waals surface area contributed by atoms with Gasteiger partial charge in [0.15, 0.2) is 11.5 Å². The zero-order valence-corrected chi connectivity index (χ0v) is 10.7. The van der Waals surface area contributed by atoms with Gasteiger partial charge in [-0.25, -0.2) is 0 Å². The number of fused-ring (bicyclic) bond motifs is 1. The van der Waals surface area contributed by atoms with Crippen molar-refractivity contribution in [3.63, 3.8) is 0 Å². The number of nitrogens with two attached hydrogens (primary N) is 1. The Kier molecular flexibility index (Phi) is 2.91. The maximum absolute atomic E-state index is 5.93. The quantitative estimate of drug-likeness (QED) is 0.840. The first-order chi connectivity index (χ1) is 9.28. The highest BCUT2D eigenvalue weighted by atomic mass is 16.6. The summed E-state index contributed by atoms with van der Waals surface area (Å²) in [6, 6.07) is 11.6. The first-order valence-electron chi connectivity index (χ1n) is 6.11. The van der Waals surface area contributed by atoms with Crippen LogP contribution in [0.2, 0.25) is 0 Å². The number of hydrogen-bond acceptors (Lipinski definition) is 4. The highest BCUT2D eigenvalue weighted by Crippen LogP contribution is 2.36. The summed E-state index contributed by atoms with van der Waals surface area (Å²) in [5, 5.41) is 0. The molecule has 1 aliphatic rings. The topological polar surface area (TPSA) is 53.7 Å². The van der Waals surface area contributed by atoms with Gasteiger partial charge >= 0.3 is 0 Å². The molecule has 4 heteroatoms. The van der Waals surface area contributed by atoms with Crippen molar-refractivity contribution >= 4 is 5.69 Å². The molecule has 0 aromatic heterocycles. The van der Waals surface area contributed by atoms with Crippen molar-refractivity contribution in [1.29, 1.82) is 0 Å². The number of nitrogen functional groups attached to an aromatic ring is 1. The minimum atomic E-state index is 0.585. The Labute approximate surface area is 111 Å². The predicted molar refractivity (Wildman–Crippen MR) is 73.8 cm³/mol. The van der Waals surface area contributed by atoms with Gasteiger partial charge in [-0.05, 0) is 35.4 Å². The molecule has 0 aliphatic carbocycles. The van der Waals surface area contributed by atoms with E-state index in [9.17, 15) is 0 Å². The molecule has 19 heavy (non-hydrogen) atoms. The van der Waals surface area contributed by atoms with Gasteiger partial charge in [-0.3, -0.25) is 0 Å². The van der Waals surface area contributed by atoms with Gasteiger partial charge in [0.2, 0.25) is 0 Å². The summed E-state index contributed by atoms with van der Waals surface area (Å²) < 4.78 is 16.2. The summed E-state index contributed by atoms with van der Waals surface area (Å²) in [5.41, 5.74) is 8.61. The monoisotopic (exact) mass is 257 g/mol. The number of benzene rings is 2. The van der Waals surface area contributed by atoms with E-state index < -0.39 is 0 Å². The van der Waals surface area contributed by atoms with Gasteiger partial charge in [0, 0.05) is 0 Å². The number of methoxy groups -OCH3 is 1. The van der Waals surface area contributed by atoms with E-state index in [2.05, 4.69) is 0 Å². The van der Waals surface area contributed by atoms with Gasteiger partial charge in [0.05, 0.1) is 12.8 Å². The predicted octanol–water partition coefficient (Wildman–Crippen LogP) is 2.72. The highest BCUT2D eigenvalue weighted by molar-refractivity contribution is 5.72. The van der Waals surface area contributed by atoms with Crippen molar-refractivity contribution in [3.05, 3.63) is 36.4 Å². The second-order valence-electron chi connectivity index (χ2n) is 4.32. The van der Waals surface area contributed by atoms with Crippen LogP contribution in [0.5, 0.6) is 17.2 Å². The van der Waals surface area contributed by atoms with Crippen molar-refractivity contribution in [1.82, 2.24) is 0 Å². The van der Waals surface area contributed by atoms with Gasteiger partial charge in [0.1, 0.15) is 19.0 Å². The average molecular weight is 257 g/mol. The smallest absolute Gasteiger partial charge is 0.161 e. The lowest BCUT2D eigenvalue weighted by molar-refractivity contribution is 0.171. The molecule has 2 N–H and O–H groups in total. The van der Waals surface area contributed by atoms with Crippen LogP contribution in [-0.2, 0) is 0 Å². The molecule has 2 aromatic carbocycles. The third-order valence-corrected chi connectivity index (χ3v) is 3.11. The Balaban J connectivity index is 2.00. The Hall–Kier alpha value is -2.36. The summed E-state index contributed by atoms with van der Waals surface area (Å²) in [7, 11) is 1.61. The molecule has 0 radical (unpaired) electrons. The normalized spacial score (nSPS) is 13.1. The van der Waals surface area contributed by atoms with Crippen LogP contribution in [0.1, 0.15) is 0 Å². The van der Waals surface area contributed by atoms with E-state index in [0.29, 0.717) is 24.7 Å². The largest absolute Gasteiger partial charge is 0.495 e. The first kappa shape index (κ1) is 11.7. The molecule has 3 rings (SSSR count). The Morgan fingerprint density at radius 3 is 2.37 bits per heavy atom. The molecule has 0 bridgehead atoms. The summed E-state index contributed by atoms with van der Waals surface area (Å²) in [5.74, 6) is 2.25. The Morgan fingerprint density at radius 2 is 1.63 bits per heavy atom. The maximum Gasteiger partial charge on any atom is 0.161 e. The molecule has 0 amide bonds. The van der Waals surface area contributed by atoms with Crippen LogP contribution in [0, 0.1) is 0 Å². The van der Waals surface area contributed by atoms with Gasteiger partial charge in [-0.1, -0.05) is 12.1 Å². The van der Waals surface area contributed by atoms with E-state index in [-0.39, 0.29) is 0 Å². The van der Waals surface area contributed by atoms with Gasteiger partial charge in [0.25, 0.3) is 0 Å². The van der Waals surface area contributed by atoms with E-state index in [4.69, 9.17) is 19.9 Å². The minimum Gasteiger partial charge on any atom is -0.495 e. The second kappa shape index (κ2) is 4.72. The molecular formula is C15H15NO3. The highest BCUT2D eigenvalue weighted by Gasteiger charge is 2.12. The fourth-order valence-electron chi connectivity index (χ4n) is 2.14. The van der Waals surface area contributed by atoms with Crippen LogP contribution < -0.4 is 19.9 Å². The number of anilines is 1. The van der Waals surface area contributed by atoms with Crippen molar-refractivity contribution < 1.29 is 14.2 Å². The molecule has 0 unspecified atom stereocenters. The average Bonchev–Trinajstić information content (AvgIpc) is 2.46. The minimum absolute atomic E-state index is 0.585. The maximum atomic E-state index is 5.93. The first-order valence-corrected chi connectivity index (χ1v) is 6.11. The standard InChI is InChI=1S/C15H15NO3/c1-17-13-4-2-10(8-12(13)16)11-3-5-14-15(9-11)19-7-6-18-14/h2-5,8-9H,6-7,16H2,1H3. The Morgan fingerprint density at radius 1 is 0.947 bits per heavy atom. The van der Waals surface area contributed by atoms with E-state index in [0.717, 1.165) is 22.6 Å². The number of ether oxygens (including phenoxy) is 3. The molecule has 0 fully saturated rings. The van der Waals surface area contributed by atoms with Crippen LogP contribution in [0.25, 0.3) is 11.1 Å². The van der Waals surface area contributed by atoms with Crippen LogP contribution in [-0.4, -0.2) is 20.3 Å². The molecule has 1 aliphatic heterocycles. The van der Waals surface area contributed by atoms with E-state index in [1.54, 1.807) is 7.11 Å². The van der Waals surface area contributed by atoms with Crippen LogP contribution in [0.3, 0.4) is 0 Å². The fourth-order valence-corrected chi connectivity index (χ4v) is 2.14. The van der Waals surface area contributed by atoms with Gasteiger partial charge in [-0.2, -0.15) is 0 Å². The Bertz CT molecular complexity index is 610. The van der Waals surface area contributed by atoms with Crippen LogP contribution in [0.4, 0.5) is 5.69 Å². The molecule has 4 nitrogen and oxygen atoms in total. The SMILES string of the molecule is COc1ccc(-c2ccc3c(c2)OCCO3)cc1N. The van der Waals surface area contributed by atoms with Crippen molar-refractivity contribution in [2.24, 2.45) is 0 Å². The number of rotatable bonds is 2.